The third-order valence-corrected chi connectivity index (χ3v) is 4.65. The monoisotopic (exact) mass is 287 g/mol. The molecule has 0 radical (unpaired) electrons. The molecular weight excluding hydrogens is 270 g/mol. The van der Waals surface area contributed by atoms with Crippen molar-refractivity contribution in [1.82, 2.24) is 4.90 Å². The van der Waals surface area contributed by atoms with Gasteiger partial charge in [0.05, 0.1) is 16.7 Å². The Morgan fingerprint density at radius 3 is 2.43 bits per heavy atom. The average molecular weight is 287 g/mol. The van der Waals surface area contributed by atoms with Gasteiger partial charge in [-0.2, -0.15) is 0 Å². The van der Waals surface area contributed by atoms with E-state index in [1.165, 1.54) is 23.1 Å². The molecule has 5 heteroatoms. The normalized spacial score (nSPS) is 20.0. The molecule has 110 valence electrons. The zero-order chi connectivity index (χ0) is 15.1. The van der Waals surface area contributed by atoms with Crippen LogP contribution in [0.3, 0.4) is 0 Å². The molecule has 0 aromatic heterocycles. The van der Waals surface area contributed by atoms with Crippen molar-refractivity contribution < 1.29 is 19.5 Å². The molecule has 21 heavy (non-hydrogen) atoms. The molecule has 1 unspecified atom stereocenters. The first-order valence-electron chi connectivity index (χ1n) is 7.26. The lowest BCUT2D eigenvalue weighted by Crippen LogP contribution is -2.41. The van der Waals surface area contributed by atoms with E-state index in [2.05, 4.69) is 0 Å². The van der Waals surface area contributed by atoms with Crippen molar-refractivity contribution in [3.8, 4) is 0 Å². The molecule has 2 aliphatic rings. The van der Waals surface area contributed by atoms with E-state index in [-0.39, 0.29) is 29.0 Å². The second kappa shape index (κ2) is 4.98. The second-order valence-corrected chi connectivity index (χ2v) is 5.83. The summed E-state index contributed by atoms with van der Waals surface area (Å²) in [4.78, 5) is 37.3. The smallest absolute Gasteiger partial charge is 0.335 e. The molecule has 1 fully saturated rings. The minimum Gasteiger partial charge on any atom is -0.478 e. The molecule has 2 amide bonds. The average Bonchev–Trinajstić information content (AvgIpc) is 3.07. The number of nitrogens with zero attached hydrogens (tertiary/aromatic N) is 1. The minimum atomic E-state index is -1.10. The summed E-state index contributed by atoms with van der Waals surface area (Å²) in [5.41, 5.74) is 0.560. The summed E-state index contributed by atoms with van der Waals surface area (Å²) in [6.07, 6.45) is 4.35. The molecule has 1 aliphatic heterocycles. The Labute approximate surface area is 122 Å². The fourth-order valence-corrected chi connectivity index (χ4v) is 3.41. The van der Waals surface area contributed by atoms with E-state index in [0.717, 1.165) is 25.7 Å². The first-order valence-corrected chi connectivity index (χ1v) is 7.26. The van der Waals surface area contributed by atoms with Crippen LogP contribution in [0, 0.1) is 5.92 Å². The molecular formula is C16H17NO4. The Kier molecular flexibility index (Phi) is 3.27. The van der Waals surface area contributed by atoms with E-state index >= 15 is 0 Å². The lowest BCUT2D eigenvalue weighted by atomic mass is 9.98. The predicted molar refractivity (Wildman–Crippen MR) is 75.3 cm³/mol. The number of hydrogen-bond donors (Lipinski definition) is 1. The van der Waals surface area contributed by atoms with Gasteiger partial charge in [0.1, 0.15) is 0 Å². The van der Waals surface area contributed by atoms with Crippen molar-refractivity contribution in [3.63, 3.8) is 0 Å². The number of rotatable bonds is 3. The van der Waals surface area contributed by atoms with E-state index in [9.17, 15) is 14.4 Å². The van der Waals surface area contributed by atoms with Gasteiger partial charge >= 0.3 is 5.97 Å². The summed E-state index contributed by atoms with van der Waals surface area (Å²) in [6.45, 7) is 1.91. The second-order valence-electron chi connectivity index (χ2n) is 5.83. The molecule has 0 spiro atoms. The molecule has 1 atom stereocenters. The van der Waals surface area contributed by atoms with Gasteiger partial charge in [-0.15, -0.1) is 0 Å². The standard InChI is InChI=1S/C16H17NO4/c1-9(10-4-2-3-5-10)17-14(18)12-7-6-11(16(20)21)8-13(12)15(17)19/h6-10H,2-5H2,1H3,(H,20,21). The molecule has 1 aromatic carbocycles. The number of benzene rings is 1. The molecule has 1 N–H and O–H groups in total. The number of carbonyl (C=O) groups is 3. The van der Waals surface area contributed by atoms with Crippen molar-refractivity contribution in [1.29, 1.82) is 0 Å². The van der Waals surface area contributed by atoms with Crippen LogP contribution in [-0.2, 0) is 0 Å². The maximum Gasteiger partial charge on any atom is 0.335 e. The van der Waals surface area contributed by atoms with Gasteiger partial charge in [-0.3, -0.25) is 14.5 Å². The van der Waals surface area contributed by atoms with Crippen LogP contribution in [0.1, 0.15) is 63.7 Å². The molecule has 1 saturated carbocycles. The summed E-state index contributed by atoms with van der Waals surface area (Å²) in [7, 11) is 0. The largest absolute Gasteiger partial charge is 0.478 e. The highest BCUT2D eigenvalue weighted by atomic mass is 16.4. The summed E-state index contributed by atoms with van der Waals surface area (Å²) in [5, 5.41) is 9.01. The van der Waals surface area contributed by atoms with Gasteiger partial charge in [0.15, 0.2) is 0 Å². The topological polar surface area (TPSA) is 74.7 Å². The number of amides is 2. The van der Waals surface area contributed by atoms with Gasteiger partial charge in [0.2, 0.25) is 0 Å². The van der Waals surface area contributed by atoms with Crippen molar-refractivity contribution in [2.45, 2.75) is 38.6 Å². The van der Waals surface area contributed by atoms with Gasteiger partial charge in [0, 0.05) is 6.04 Å². The Morgan fingerprint density at radius 1 is 1.19 bits per heavy atom. The highest BCUT2D eigenvalue weighted by Crippen LogP contribution is 2.34. The van der Waals surface area contributed by atoms with Crippen LogP contribution in [0.25, 0.3) is 0 Å². The number of hydrogen-bond acceptors (Lipinski definition) is 3. The van der Waals surface area contributed by atoms with Crippen molar-refractivity contribution >= 4 is 17.8 Å². The SMILES string of the molecule is CC(C1CCCC1)N1C(=O)c2ccc(C(=O)O)cc2C1=O. The zero-order valence-electron chi connectivity index (χ0n) is 11.8. The summed E-state index contributed by atoms with van der Waals surface area (Å²) < 4.78 is 0. The lowest BCUT2D eigenvalue weighted by Gasteiger charge is -2.27. The van der Waals surface area contributed by atoms with Crippen LogP contribution in [0.2, 0.25) is 0 Å². The van der Waals surface area contributed by atoms with Crippen molar-refractivity contribution in [3.05, 3.63) is 34.9 Å². The minimum absolute atomic E-state index is 0.0327. The van der Waals surface area contributed by atoms with Crippen LogP contribution < -0.4 is 0 Å². The Bertz CT molecular complexity index is 631. The predicted octanol–water partition coefficient (Wildman–Crippen LogP) is 2.56. The van der Waals surface area contributed by atoms with Gasteiger partial charge in [-0.25, -0.2) is 4.79 Å². The van der Waals surface area contributed by atoms with E-state index in [1.54, 1.807) is 0 Å². The summed E-state index contributed by atoms with van der Waals surface area (Å²) in [5.74, 6) is -1.41. The number of imide groups is 1. The maximum absolute atomic E-state index is 12.5. The molecule has 3 rings (SSSR count). The van der Waals surface area contributed by atoms with Gasteiger partial charge in [-0.05, 0) is 43.9 Å². The summed E-state index contributed by atoms with van der Waals surface area (Å²) >= 11 is 0. The van der Waals surface area contributed by atoms with Crippen LogP contribution in [-0.4, -0.2) is 33.8 Å². The number of carboxylic acids is 1. The van der Waals surface area contributed by atoms with Crippen LogP contribution in [0.4, 0.5) is 0 Å². The fourth-order valence-electron chi connectivity index (χ4n) is 3.41. The first kappa shape index (κ1) is 13.8. The highest BCUT2D eigenvalue weighted by molar-refractivity contribution is 6.22. The zero-order valence-corrected chi connectivity index (χ0v) is 11.8. The van der Waals surface area contributed by atoms with Crippen LogP contribution >= 0.6 is 0 Å². The van der Waals surface area contributed by atoms with E-state index in [1.807, 2.05) is 6.92 Å². The Balaban J connectivity index is 1.94. The molecule has 1 aromatic rings. The molecule has 1 aliphatic carbocycles. The first-order chi connectivity index (χ1) is 10.0. The van der Waals surface area contributed by atoms with E-state index < -0.39 is 5.97 Å². The molecule has 0 bridgehead atoms. The summed E-state index contributed by atoms with van der Waals surface area (Å²) in [6, 6.07) is 3.99. The maximum atomic E-state index is 12.5. The number of carboxylic acid groups (broad SMARTS) is 1. The van der Waals surface area contributed by atoms with Crippen molar-refractivity contribution in [2.75, 3.05) is 0 Å². The Hall–Kier alpha value is -2.17. The number of carbonyl (C=O) groups excluding carboxylic acids is 2. The number of fused-ring (bicyclic) bond motifs is 1. The molecule has 5 nitrogen and oxygen atoms in total. The molecule has 1 heterocycles. The van der Waals surface area contributed by atoms with Crippen molar-refractivity contribution in [2.24, 2.45) is 5.92 Å². The molecule has 0 saturated heterocycles. The van der Waals surface area contributed by atoms with Gasteiger partial charge in [0.25, 0.3) is 11.8 Å². The van der Waals surface area contributed by atoms with E-state index in [0.29, 0.717) is 11.5 Å². The quantitative estimate of drug-likeness (QED) is 0.867. The third-order valence-electron chi connectivity index (χ3n) is 4.65. The van der Waals surface area contributed by atoms with Gasteiger partial charge in [-0.1, -0.05) is 12.8 Å². The van der Waals surface area contributed by atoms with Gasteiger partial charge < -0.3 is 5.11 Å². The highest BCUT2D eigenvalue weighted by Gasteiger charge is 2.41. The van der Waals surface area contributed by atoms with Crippen LogP contribution in [0.5, 0.6) is 0 Å². The third kappa shape index (κ3) is 2.13. The Morgan fingerprint density at radius 2 is 1.81 bits per heavy atom. The number of aromatic carboxylic acids is 1. The lowest BCUT2D eigenvalue weighted by molar-refractivity contribution is 0.0546. The van der Waals surface area contributed by atoms with Crippen LogP contribution in [0.15, 0.2) is 18.2 Å². The van der Waals surface area contributed by atoms with E-state index in [4.69, 9.17) is 5.11 Å². The fraction of sp³-hybridized carbons (Fsp3) is 0.438.